The van der Waals surface area contributed by atoms with Crippen molar-refractivity contribution in [2.45, 2.75) is 19.4 Å². The molecule has 18 heavy (non-hydrogen) atoms. The summed E-state index contributed by atoms with van der Waals surface area (Å²) in [4.78, 5) is 13.0. The van der Waals surface area contributed by atoms with E-state index < -0.39 is 5.97 Å². The number of carboxylic acid groups (broad SMARTS) is 1. The summed E-state index contributed by atoms with van der Waals surface area (Å²) in [5, 5.41) is 8.90. The van der Waals surface area contributed by atoms with Gasteiger partial charge in [-0.15, -0.1) is 0 Å². The highest BCUT2D eigenvalue weighted by Crippen LogP contribution is 2.20. The number of benzene rings is 1. The lowest BCUT2D eigenvalue weighted by Crippen LogP contribution is -2.51. The van der Waals surface area contributed by atoms with Gasteiger partial charge in [0.1, 0.15) is 11.9 Å². The number of likely N-dealkylation sites (N-methyl/N-ethyl adjacent to an activating group) is 1. The van der Waals surface area contributed by atoms with Crippen molar-refractivity contribution in [2.75, 3.05) is 20.1 Å². The molecule has 0 amide bonds. The van der Waals surface area contributed by atoms with Crippen molar-refractivity contribution < 1.29 is 14.6 Å². The molecule has 0 aromatic heterocycles. The molecule has 0 bridgehead atoms. The van der Waals surface area contributed by atoms with Crippen molar-refractivity contribution >= 4 is 5.97 Å². The predicted molar refractivity (Wildman–Crippen MR) is 68.9 cm³/mol. The van der Waals surface area contributed by atoms with Crippen molar-refractivity contribution in [1.29, 1.82) is 0 Å². The molecule has 1 atom stereocenters. The van der Waals surface area contributed by atoms with Gasteiger partial charge in [-0.25, -0.2) is 0 Å². The van der Waals surface area contributed by atoms with Gasteiger partial charge in [0.05, 0.1) is 5.92 Å². The molecular formula is C14H19NO3. The van der Waals surface area contributed by atoms with Gasteiger partial charge in [0, 0.05) is 13.1 Å². The van der Waals surface area contributed by atoms with Crippen LogP contribution in [-0.2, 0) is 11.2 Å². The van der Waals surface area contributed by atoms with Crippen molar-refractivity contribution in [3.8, 4) is 5.75 Å². The molecule has 1 aliphatic rings. The normalized spacial score (nSPS) is 18.1. The Morgan fingerprint density at radius 1 is 1.56 bits per heavy atom. The SMILES string of the molecule is CC(Cc1cccc(OC2CN(C)C2)c1)C(=O)O. The van der Waals surface area contributed by atoms with Crippen LogP contribution in [-0.4, -0.2) is 42.2 Å². The average molecular weight is 249 g/mol. The fourth-order valence-electron chi connectivity index (χ4n) is 2.10. The van der Waals surface area contributed by atoms with Crippen LogP contribution in [0.5, 0.6) is 5.75 Å². The average Bonchev–Trinajstić information content (AvgIpc) is 2.27. The highest BCUT2D eigenvalue weighted by molar-refractivity contribution is 5.69. The van der Waals surface area contributed by atoms with E-state index in [0.29, 0.717) is 6.42 Å². The molecule has 0 saturated carbocycles. The van der Waals surface area contributed by atoms with E-state index in [1.807, 2.05) is 24.3 Å². The number of nitrogens with zero attached hydrogens (tertiary/aromatic N) is 1. The third-order valence-corrected chi connectivity index (χ3v) is 3.20. The second-order valence-corrected chi connectivity index (χ2v) is 5.05. The lowest BCUT2D eigenvalue weighted by molar-refractivity contribution is -0.141. The summed E-state index contributed by atoms with van der Waals surface area (Å²) in [7, 11) is 2.06. The molecule has 0 aliphatic carbocycles. The first-order valence-electron chi connectivity index (χ1n) is 6.21. The van der Waals surface area contributed by atoms with Gasteiger partial charge < -0.3 is 9.84 Å². The highest BCUT2D eigenvalue weighted by atomic mass is 16.5. The summed E-state index contributed by atoms with van der Waals surface area (Å²) in [6.07, 6.45) is 0.805. The van der Waals surface area contributed by atoms with E-state index in [0.717, 1.165) is 24.4 Å². The molecule has 4 heteroatoms. The number of hydrogen-bond acceptors (Lipinski definition) is 3. The van der Waals surface area contributed by atoms with E-state index in [2.05, 4.69) is 11.9 Å². The maximum absolute atomic E-state index is 10.8. The molecule has 1 fully saturated rings. The van der Waals surface area contributed by atoms with E-state index in [1.54, 1.807) is 6.92 Å². The van der Waals surface area contributed by atoms with Crippen LogP contribution in [0.3, 0.4) is 0 Å². The quantitative estimate of drug-likeness (QED) is 0.862. The topological polar surface area (TPSA) is 49.8 Å². The van der Waals surface area contributed by atoms with Gasteiger partial charge >= 0.3 is 5.97 Å². The molecule has 0 spiro atoms. The number of aliphatic carboxylic acids is 1. The summed E-state index contributed by atoms with van der Waals surface area (Å²) >= 11 is 0. The largest absolute Gasteiger partial charge is 0.488 e. The second kappa shape index (κ2) is 5.40. The highest BCUT2D eigenvalue weighted by Gasteiger charge is 2.24. The Morgan fingerprint density at radius 3 is 2.89 bits per heavy atom. The second-order valence-electron chi connectivity index (χ2n) is 5.05. The van der Waals surface area contributed by atoms with Crippen LogP contribution >= 0.6 is 0 Å². The van der Waals surface area contributed by atoms with Crippen molar-refractivity contribution in [3.63, 3.8) is 0 Å². The summed E-state index contributed by atoms with van der Waals surface area (Å²) < 4.78 is 5.81. The van der Waals surface area contributed by atoms with E-state index in [9.17, 15) is 4.79 Å². The van der Waals surface area contributed by atoms with E-state index in [1.165, 1.54) is 0 Å². The first-order chi connectivity index (χ1) is 8.54. The maximum Gasteiger partial charge on any atom is 0.306 e. The smallest absolute Gasteiger partial charge is 0.306 e. The van der Waals surface area contributed by atoms with Gasteiger partial charge in [-0.3, -0.25) is 9.69 Å². The van der Waals surface area contributed by atoms with Crippen LogP contribution in [0.4, 0.5) is 0 Å². The van der Waals surface area contributed by atoms with Crippen molar-refractivity contribution in [3.05, 3.63) is 29.8 Å². The van der Waals surface area contributed by atoms with Gasteiger partial charge in [0.15, 0.2) is 0 Å². The number of ether oxygens (including phenoxy) is 1. The van der Waals surface area contributed by atoms with Crippen molar-refractivity contribution in [2.24, 2.45) is 5.92 Å². The number of hydrogen-bond donors (Lipinski definition) is 1. The first-order valence-corrected chi connectivity index (χ1v) is 6.21. The molecule has 1 aromatic rings. The lowest BCUT2D eigenvalue weighted by Gasteiger charge is -2.36. The zero-order chi connectivity index (χ0) is 13.1. The van der Waals surface area contributed by atoms with Crippen LogP contribution in [0.15, 0.2) is 24.3 Å². The van der Waals surface area contributed by atoms with Crippen LogP contribution < -0.4 is 4.74 Å². The lowest BCUT2D eigenvalue weighted by atomic mass is 10.0. The summed E-state index contributed by atoms with van der Waals surface area (Å²) in [6.45, 7) is 3.63. The first kappa shape index (κ1) is 12.9. The number of likely N-dealkylation sites (tertiary alicyclic amines) is 1. The van der Waals surface area contributed by atoms with Gasteiger partial charge in [-0.2, -0.15) is 0 Å². The molecule has 0 radical (unpaired) electrons. The standard InChI is InChI=1S/C14H19NO3/c1-10(14(16)17)6-11-4-3-5-12(7-11)18-13-8-15(2)9-13/h3-5,7,10,13H,6,8-9H2,1-2H3,(H,16,17). The Morgan fingerprint density at radius 2 is 2.28 bits per heavy atom. The van der Waals surface area contributed by atoms with Crippen LogP contribution in [0.2, 0.25) is 0 Å². The maximum atomic E-state index is 10.8. The van der Waals surface area contributed by atoms with Gasteiger partial charge in [-0.05, 0) is 31.2 Å². The molecule has 1 heterocycles. The molecule has 98 valence electrons. The van der Waals surface area contributed by atoms with Gasteiger partial charge in [0.25, 0.3) is 0 Å². The van der Waals surface area contributed by atoms with E-state index in [-0.39, 0.29) is 12.0 Å². The molecular weight excluding hydrogens is 230 g/mol. The molecule has 1 aliphatic heterocycles. The van der Waals surface area contributed by atoms with E-state index >= 15 is 0 Å². The number of rotatable bonds is 5. The van der Waals surface area contributed by atoms with Crippen LogP contribution in [0.1, 0.15) is 12.5 Å². The van der Waals surface area contributed by atoms with Gasteiger partial charge in [0.2, 0.25) is 0 Å². The minimum Gasteiger partial charge on any atom is -0.488 e. The Labute approximate surface area is 107 Å². The van der Waals surface area contributed by atoms with Crippen molar-refractivity contribution in [1.82, 2.24) is 4.90 Å². The fourth-order valence-corrected chi connectivity index (χ4v) is 2.10. The molecule has 4 nitrogen and oxygen atoms in total. The molecule has 1 unspecified atom stereocenters. The fraction of sp³-hybridized carbons (Fsp3) is 0.500. The molecule has 2 rings (SSSR count). The molecule has 1 N–H and O–H groups in total. The number of carboxylic acids is 1. The minimum atomic E-state index is -0.762. The Hall–Kier alpha value is -1.55. The third kappa shape index (κ3) is 3.23. The Balaban J connectivity index is 1.94. The molecule has 1 saturated heterocycles. The number of carbonyl (C=O) groups is 1. The zero-order valence-corrected chi connectivity index (χ0v) is 10.8. The monoisotopic (exact) mass is 249 g/mol. The molecule has 1 aromatic carbocycles. The van der Waals surface area contributed by atoms with Crippen LogP contribution in [0, 0.1) is 5.92 Å². The predicted octanol–water partition coefficient (Wildman–Crippen LogP) is 1.64. The Kier molecular flexibility index (Phi) is 3.87. The van der Waals surface area contributed by atoms with Crippen LogP contribution in [0.25, 0.3) is 0 Å². The third-order valence-electron chi connectivity index (χ3n) is 3.20. The van der Waals surface area contributed by atoms with Gasteiger partial charge in [-0.1, -0.05) is 19.1 Å². The summed E-state index contributed by atoms with van der Waals surface area (Å²) in [5.41, 5.74) is 1.01. The zero-order valence-electron chi connectivity index (χ0n) is 10.8. The summed E-state index contributed by atoms with van der Waals surface area (Å²) in [6, 6.07) is 7.73. The minimum absolute atomic E-state index is 0.266. The Bertz CT molecular complexity index is 427. The van der Waals surface area contributed by atoms with E-state index in [4.69, 9.17) is 9.84 Å². The summed E-state index contributed by atoms with van der Waals surface area (Å²) in [5.74, 6) is -0.291.